The SMILES string of the molecule is Cc1ccc(C2(Cn3cncn3)OCC(COc3ccc(-n4cnnc4)cc3)O2)cc1. The summed E-state index contributed by atoms with van der Waals surface area (Å²) in [6, 6.07) is 15.9. The first-order chi connectivity index (χ1) is 15.2. The lowest BCUT2D eigenvalue weighted by molar-refractivity contribution is -0.190. The van der Waals surface area contributed by atoms with Gasteiger partial charge in [-0.05, 0) is 31.2 Å². The fourth-order valence-corrected chi connectivity index (χ4v) is 3.55. The van der Waals surface area contributed by atoms with Crippen LogP contribution in [-0.2, 0) is 21.8 Å². The number of nitrogens with zero attached hydrogens (tertiary/aromatic N) is 6. The van der Waals surface area contributed by atoms with E-state index in [4.69, 9.17) is 14.2 Å². The molecule has 2 atom stereocenters. The zero-order valence-corrected chi connectivity index (χ0v) is 17.0. The smallest absolute Gasteiger partial charge is 0.215 e. The van der Waals surface area contributed by atoms with Crippen molar-refractivity contribution in [2.45, 2.75) is 25.4 Å². The zero-order chi connectivity index (χ0) is 21.1. The molecule has 1 fully saturated rings. The summed E-state index contributed by atoms with van der Waals surface area (Å²) in [6.07, 6.45) is 6.24. The lowest BCUT2D eigenvalue weighted by Crippen LogP contribution is -2.34. The molecule has 0 spiro atoms. The lowest BCUT2D eigenvalue weighted by atomic mass is 10.0. The molecule has 0 radical (unpaired) electrons. The van der Waals surface area contributed by atoms with Gasteiger partial charge in [0.2, 0.25) is 5.79 Å². The highest BCUT2D eigenvalue weighted by molar-refractivity contribution is 5.37. The van der Waals surface area contributed by atoms with Gasteiger partial charge in [-0.3, -0.25) is 4.57 Å². The molecule has 9 heteroatoms. The molecule has 31 heavy (non-hydrogen) atoms. The number of benzene rings is 2. The topological polar surface area (TPSA) is 89.1 Å². The average molecular weight is 418 g/mol. The molecule has 0 amide bonds. The average Bonchev–Trinajstić information content (AvgIpc) is 3.57. The van der Waals surface area contributed by atoms with Gasteiger partial charge in [-0.15, -0.1) is 10.2 Å². The third-order valence-electron chi connectivity index (χ3n) is 5.18. The first-order valence-corrected chi connectivity index (χ1v) is 9.99. The number of aromatic nitrogens is 6. The van der Waals surface area contributed by atoms with Crippen molar-refractivity contribution >= 4 is 0 Å². The summed E-state index contributed by atoms with van der Waals surface area (Å²) in [5.74, 6) is -0.183. The predicted octanol–water partition coefficient (Wildman–Crippen LogP) is 2.51. The maximum absolute atomic E-state index is 6.40. The Kier molecular flexibility index (Phi) is 5.19. The van der Waals surface area contributed by atoms with Crippen LogP contribution in [-0.4, -0.2) is 48.8 Å². The van der Waals surface area contributed by atoms with E-state index in [0.717, 1.165) is 17.0 Å². The van der Waals surface area contributed by atoms with E-state index in [2.05, 4.69) is 27.2 Å². The molecule has 4 aromatic rings. The van der Waals surface area contributed by atoms with Crippen LogP contribution in [0.1, 0.15) is 11.1 Å². The molecule has 9 nitrogen and oxygen atoms in total. The summed E-state index contributed by atoms with van der Waals surface area (Å²) in [5, 5.41) is 11.9. The monoisotopic (exact) mass is 418 g/mol. The molecular weight excluding hydrogens is 396 g/mol. The zero-order valence-electron chi connectivity index (χ0n) is 17.0. The normalized spacial score (nSPS) is 20.7. The van der Waals surface area contributed by atoms with E-state index in [1.165, 1.54) is 11.9 Å². The third-order valence-corrected chi connectivity index (χ3v) is 5.18. The van der Waals surface area contributed by atoms with Crippen molar-refractivity contribution in [3.63, 3.8) is 0 Å². The second kappa shape index (κ2) is 8.29. The number of ether oxygens (including phenoxy) is 3. The predicted molar refractivity (Wildman–Crippen MR) is 111 cm³/mol. The number of hydrogen-bond acceptors (Lipinski definition) is 7. The van der Waals surface area contributed by atoms with Crippen molar-refractivity contribution in [2.75, 3.05) is 13.2 Å². The number of hydrogen-bond donors (Lipinski definition) is 0. The van der Waals surface area contributed by atoms with Crippen LogP contribution in [0.15, 0.2) is 73.8 Å². The van der Waals surface area contributed by atoms with Crippen molar-refractivity contribution in [1.29, 1.82) is 0 Å². The quantitative estimate of drug-likeness (QED) is 0.456. The van der Waals surface area contributed by atoms with Gasteiger partial charge in [0.1, 0.15) is 50.3 Å². The minimum absolute atomic E-state index is 0.220. The van der Waals surface area contributed by atoms with Crippen LogP contribution in [0, 0.1) is 6.92 Å². The van der Waals surface area contributed by atoms with Gasteiger partial charge in [0.05, 0.1) is 6.61 Å². The van der Waals surface area contributed by atoms with Crippen molar-refractivity contribution in [3.8, 4) is 11.4 Å². The Balaban J connectivity index is 1.27. The highest BCUT2D eigenvalue weighted by Crippen LogP contribution is 2.36. The maximum atomic E-state index is 6.40. The summed E-state index contributed by atoms with van der Waals surface area (Å²) in [4.78, 5) is 4.03. The summed E-state index contributed by atoms with van der Waals surface area (Å²) < 4.78 is 22.1. The molecule has 2 aromatic carbocycles. The van der Waals surface area contributed by atoms with Crippen molar-refractivity contribution < 1.29 is 14.2 Å². The Morgan fingerprint density at radius 1 is 1.03 bits per heavy atom. The van der Waals surface area contributed by atoms with E-state index in [0.29, 0.717) is 19.8 Å². The first kappa shape index (κ1) is 19.4. The second-order valence-electron chi connectivity index (χ2n) is 7.44. The number of aryl methyl sites for hydroxylation is 1. The highest BCUT2D eigenvalue weighted by atomic mass is 16.8. The second-order valence-corrected chi connectivity index (χ2v) is 7.44. The molecule has 0 bridgehead atoms. The Morgan fingerprint density at radius 3 is 2.52 bits per heavy atom. The fraction of sp³-hybridized carbons (Fsp3) is 0.273. The Labute approximate surface area is 179 Å². The first-order valence-electron chi connectivity index (χ1n) is 9.99. The maximum Gasteiger partial charge on any atom is 0.215 e. The van der Waals surface area contributed by atoms with Crippen molar-refractivity contribution in [3.05, 3.63) is 85.0 Å². The standard InChI is InChI=1S/C22H22N6O3/c1-17-2-4-18(5-3-17)22(12-28-14-23-13-26-28)30-11-21(31-22)10-29-20-8-6-19(7-9-20)27-15-24-25-16-27/h2-9,13-16,21H,10-12H2,1H3. The summed E-state index contributed by atoms with van der Waals surface area (Å²) in [5.41, 5.74) is 3.07. The molecule has 0 saturated carbocycles. The molecule has 0 aliphatic carbocycles. The van der Waals surface area contributed by atoms with Crippen LogP contribution in [0.5, 0.6) is 5.75 Å². The molecular formula is C22H22N6O3. The molecule has 1 saturated heterocycles. The van der Waals surface area contributed by atoms with Gasteiger partial charge >= 0.3 is 0 Å². The minimum atomic E-state index is -0.937. The van der Waals surface area contributed by atoms with Crippen LogP contribution in [0.3, 0.4) is 0 Å². The van der Waals surface area contributed by atoms with Crippen LogP contribution < -0.4 is 4.74 Å². The molecule has 2 aromatic heterocycles. The Bertz CT molecular complexity index is 1100. The van der Waals surface area contributed by atoms with Crippen molar-refractivity contribution in [1.82, 2.24) is 29.5 Å². The molecule has 0 N–H and O–H groups in total. The highest BCUT2D eigenvalue weighted by Gasteiger charge is 2.44. The van der Waals surface area contributed by atoms with Crippen LogP contribution in [0.4, 0.5) is 0 Å². The summed E-state index contributed by atoms with van der Waals surface area (Å²) in [7, 11) is 0. The molecule has 1 aliphatic heterocycles. The van der Waals surface area contributed by atoms with Gasteiger partial charge in [-0.1, -0.05) is 29.8 Å². The van der Waals surface area contributed by atoms with Gasteiger partial charge in [-0.2, -0.15) is 5.10 Å². The third kappa shape index (κ3) is 4.18. The molecule has 5 rings (SSSR count). The van der Waals surface area contributed by atoms with E-state index < -0.39 is 5.79 Å². The minimum Gasteiger partial charge on any atom is -0.491 e. The van der Waals surface area contributed by atoms with Gasteiger partial charge in [-0.25, -0.2) is 9.67 Å². The van der Waals surface area contributed by atoms with Gasteiger partial charge < -0.3 is 14.2 Å². The fourth-order valence-electron chi connectivity index (χ4n) is 3.55. The Hall–Kier alpha value is -3.56. The largest absolute Gasteiger partial charge is 0.491 e. The van der Waals surface area contributed by atoms with E-state index in [1.54, 1.807) is 23.7 Å². The van der Waals surface area contributed by atoms with Crippen LogP contribution >= 0.6 is 0 Å². The summed E-state index contributed by atoms with van der Waals surface area (Å²) >= 11 is 0. The van der Waals surface area contributed by atoms with E-state index >= 15 is 0 Å². The van der Waals surface area contributed by atoms with E-state index in [-0.39, 0.29) is 6.10 Å². The molecule has 1 aliphatic rings. The van der Waals surface area contributed by atoms with Crippen LogP contribution in [0.2, 0.25) is 0 Å². The van der Waals surface area contributed by atoms with Crippen LogP contribution in [0.25, 0.3) is 5.69 Å². The molecule has 2 unspecified atom stereocenters. The summed E-state index contributed by atoms with van der Waals surface area (Å²) in [6.45, 7) is 3.24. The van der Waals surface area contributed by atoms with Gasteiger partial charge in [0, 0.05) is 11.3 Å². The number of rotatable bonds is 7. The van der Waals surface area contributed by atoms with E-state index in [1.807, 2.05) is 53.1 Å². The Morgan fingerprint density at radius 2 is 1.81 bits per heavy atom. The van der Waals surface area contributed by atoms with Gasteiger partial charge in [0.15, 0.2) is 0 Å². The lowest BCUT2D eigenvalue weighted by Gasteiger charge is -2.28. The van der Waals surface area contributed by atoms with Crippen molar-refractivity contribution in [2.24, 2.45) is 0 Å². The molecule has 3 heterocycles. The van der Waals surface area contributed by atoms with E-state index in [9.17, 15) is 0 Å². The van der Waals surface area contributed by atoms with Gasteiger partial charge in [0.25, 0.3) is 0 Å². The molecule has 158 valence electrons.